The van der Waals surface area contributed by atoms with Gasteiger partial charge in [0.25, 0.3) is 0 Å². The molecular weight excluding hydrogens is 240 g/mol. The van der Waals surface area contributed by atoms with Crippen LogP contribution in [0.2, 0.25) is 0 Å². The summed E-state index contributed by atoms with van der Waals surface area (Å²) >= 11 is 0. The first-order chi connectivity index (χ1) is 9.10. The Morgan fingerprint density at radius 2 is 2.16 bits per heavy atom. The van der Waals surface area contributed by atoms with Gasteiger partial charge in [-0.05, 0) is 39.8 Å². The van der Waals surface area contributed by atoms with Gasteiger partial charge in [-0.1, -0.05) is 0 Å². The number of nitrogens with one attached hydrogen (secondary N) is 1. The molecule has 19 heavy (non-hydrogen) atoms. The number of furan rings is 1. The van der Waals surface area contributed by atoms with Crippen molar-refractivity contribution in [2.75, 3.05) is 11.9 Å². The summed E-state index contributed by atoms with van der Waals surface area (Å²) in [6, 6.07) is 6.08. The third-order valence-electron chi connectivity index (χ3n) is 2.96. The average Bonchev–Trinajstić information content (AvgIpc) is 2.71. The van der Waals surface area contributed by atoms with Crippen molar-refractivity contribution in [1.82, 2.24) is 4.98 Å². The Morgan fingerprint density at radius 1 is 1.37 bits per heavy atom. The molecule has 2 rings (SSSR count). The molecule has 4 heteroatoms. The normalized spacial score (nSPS) is 12.2. The Hall–Kier alpha value is -1.97. The second-order valence-corrected chi connectivity index (χ2v) is 4.55. The number of pyridine rings is 1. The highest BCUT2D eigenvalue weighted by Gasteiger charge is 2.12. The highest BCUT2D eigenvalue weighted by Crippen LogP contribution is 2.25. The van der Waals surface area contributed by atoms with Gasteiger partial charge in [-0.2, -0.15) is 0 Å². The molecule has 2 aromatic rings. The molecule has 0 amide bonds. The minimum Gasteiger partial charge on any atom is -0.478 e. The molecule has 0 fully saturated rings. The lowest BCUT2D eigenvalue weighted by Gasteiger charge is -2.14. The average molecular weight is 260 g/mol. The lowest BCUT2D eigenvalue weighted by Crippen LogP contribution is -2.07. The van der Waals surface area contributed by atoms with Crippen molar-refractivity contribution in [2.45, 2.75) is 33.7 Å². The monoisotopic (exact) mass is 260 g/mol. The Morgan fingerprint density at radius 3 is 2.68 bits per heavy atom. The molecule has 4 nitrogen and oxygen atoms in total. The summed E-state index contributed by atoms with van der Waals surface area (Å²) in [6.07, 6.45) is 1.78. The van der Waals surface area contributed by atoms with Gasteiger partial charge in [0, 0.05) is 11.6 Å². The number of aryl methyl sites for hydroxylation is 2. The fraction of sp³-hybridized carbons (Fsp3) is 0.400. The van der Waals surface area contributed by atoms with Crippen LogP contribution in [0, 0.1) is 13.8 Å². The van der Waals surface area contributed by atoms with E-state index in [9.17, 15) is 0 Å². The summed E-state index contributed by atoms with van der Waals surface area (Å²) < 4.78 is 10.9. The summed E-state index contributed by atoms with van der Waals surface area (Å²) in [4.78, 5) is 4.23. The molecule has 0 aliphatic heterocycles. The van der Waals surface area contributed by atoms with Crippen LogP contribution in [0.4, 0.5) is 5.69 Å². The molecule has 0 aliphatic rings. The van der Waals surface area contributed by atoms with Crippen LogP contribution in [0.5, 0.6) is 5.88 Å². The highest BCUT2D eigenvalue weighted by molar-refractivity contribution is 5.45. The Kier molecular flexibility index (Phi) is 4.10. The maximum absolute atomic E-state index is 5.55. The maximum atomic E-state index is 5.55. The summed E-state index contributed by atoms with van der Waals surface area (Å²) in [5.41, 5.74) is 2.14. The smallest absolute Gasteiger partial charge is 0.213 e. The quantitative estimate of drug-likeness (QED) is 0.886. The lowest BCUT2D eigenvalue weighted by molar-refractivity contribution is 0.327. The van der Waals surface area contributed by atoms with Gasteiger partial charge in [0.15, 0.2) is 0 Å². The Labute approximate surface area is 113 Å². The maximum Gasteiger partial charge on any atom is 0.213 e. The first kappa shape index (κ1) is 13.5. The zero-order valence-corrected chi connectivity index (χ0v) is 11.9. The van der Waals surface area contributed by atoms with Gasteiger partial charge in [-0.25, -0.2) is 4.98 Å². The number of ether oxygens (including phenoxy) is 1. The molecule has 0 radical (unpaired) electrons. The molecule has 1 atom stereocenters. The lowest BCUT2D eigenvalue weighted by atomic mass is 10.1. The fourth-order valence-corrected chi connectivity index (χ4v) is 2.11. The first-order valence-corrected chi connectivity index (χ1v) is 6.52. The third-order valence-corrected chi connectivity index (χ3v) is 2.96. The van der Waals surface area contributed by atoms with Crippen molar-refractivity contribution < 1.29 is 9.15 Å². The van der Waals surface area contributed by atoms with Gasteiger partial charge < -0.3 is 14.5 Å². The predicted molar refractivity (Wildman–Crippen MR) is 75.6 cm³/mol. The van der Waals surface area contributed by atoms with E-state index in [-0.39, 0.29) is 6.04 Å². The SMILES string of the molecule is CCOc1ccc(NC(C)c2cc(C)oc2C)cn1. The van der Waals surface area contributed by atoms with Crippen molar-refractivity contribution in [3.63, 3.8) is 0 Å². The second kappa shape index (κ2) is 5.78. The number of nitrogens with zero attached hydrogens (tertiary/aromatic N) is 1. The molecule has 2 aromatic heterocycles. The van der Waals surface area contributed by atoms with E-state index in [1.54, 1.807) is 6.20 Å². The van der Waals surface area contributed by atoms with Gasteiger partial charge >= 0.3 is 0 Å². The molecule has 0 spiro atoms. The van der Waals surface area contributed by atoms with Crippen LogP contribution in [-0.4, -0.2) is 11.6 Å². The molecule has 0 aliphatic carbocycles. The molecule has 2 heterocycles. The van der Waals surface area contributed by atoms with E-state index in [2.05, 4.69) is 23.3 Å². The number of rotatable bonds is 5. The molecule has 1 N–H and O–H groups in total. The Balaban J connectivity index is 2.06. The first-order valence-electron chi connectivity index (χ1n) is 6.52. The molecular formula is C15H20N2O2. The summed E-state index contributed by atoms with van der Waals surface area (Å²) in [6.45, 7) is 8.62. The zero-order valence-electron chi connectivity index (χ0n) is 11.9. The number of hydrogen-bond donors (Lipinski definition) is 1. The van der Waals surface area contributed by atoms with Crippen LogP contribution in [0.1, 0.15) is 37.0 Å². The molecule has 0 saturated carbocycles. The van der Waals surface area contributed by atoms with Crippen LogP contribution in [-0.2, 0) is 0 Å². The third kappa shape index (κ3) is 3.28. The number of aromatic nitrogens is 1. The molecule has 0 bridgehead atoms. The topological polar surface area (TPSA) is 47.3 Å². The van der Waals surface area contributed by atoms with Crippen LogP contribution in [0.3, 0.4) is 0 Å². The van der Waals surface area contributed by atoms with Crippen LogP contribution in [0.15, 0.2) is 28.8 Å². The molecule has 0 aromatic carbocycles. The standard InChI is InChI=1S/C15H20N2O2/c1-5-18-15-7-6-13(9-16-15)17-11(3)14-8-10(2)19-12(14)4/h6-9,11,17H,5H2,1-4H3. The molecule has 0 saturated heterocycles. The van der Waals surface area contributed by atoms with Crippen molar-refractivity contribution in [1.29, 1.82) is 0 Å². The number of hydrogen-bond acceptors (Lipinski definition) is 4. The van der Waals surface area contributed by atoms with Crippen LogP contribution in [0.25, 0.3) is 0 Å². The van der Waals surface area contributed by atoms with Gasteiger partial charge in [-0.15, -0.1) is 0 Å². The molecule has 1 unspecified atom stereocenters. The largest absolute Gasteiger partial charge is 0.478 e. The van der Waals surface area contributed by atoms with E-state index in [4.69, 9.17) is 9.15 Å². The van der Waals surface area contributed by atoms with Crippen LogP contribution < -0.4 is 10.1 Å². The zero-order chi connectivity index (χ0) is 13.8. The van der Waals surface area contributed by atoms with E-state index >= 15 is 0 Å². The van der Waals surface area contributed by atoms with Crippen molar-refractivity contribution in [3.05, 3.63) is 41.5 Å². The highest BCUT2D eigenvalue weighted by atomic mass is 16.5. The second-order valence-electron chi connectivity index (χ2n) is 4.55. The van der Waals surface area contributed by atoms with Crippen molar-refractivity contribution in [3.8, 4) is 5.88 Å². The van der Waals surface area contributed by atoms with Gasteiger partial charge in [-0.3, -0.25) is 0 Å². The van der Waals surface area contributed by atoms with E-state index in [0.29, 0.717) is 12.5 Å². The fourth-order valence-electron chi connectivity index (χ4n) is 2.11. The van der Waals surface area contributed by atoms with Gasteiger partial charge in [0.05, 0.1) is 24.5 Å². The van der Waals surface area contributed by atoms with Gasteiger partial charge in [0.1, 0.15) is 11.5 Å². The van der Waals surface area contributed by atoms with Crippen LogP contribution >= 0.6 is 0 Å². The summed E-state index contributed by atoms with van der Waals surface area (Å²) in [7, 11) is 0. The Bertz CT molecular complexity index is 532. The molecule has 102 valence electrons. The predicted octanol–water partition coefficient (Wildman–Crippen LogP) is 3.86. The summed E-state index contributed by atoms with van der Waals surface area (Å²) in [5, 5.41) is 3.40. The van der Waals surface area contributed by atoms with E-state index in [1.807, 2.05) is 32.9 Å². The minimum atomic E-state index is 0.178. The van der Waals surface area contributed by atoms with E-state index in [0.717, 1.165) is 17.2 Å². The van der Waals surface area contributed by atoms with Gasteiger partial charge in [0.2, 0.25) is 5.88 Å². The van der Waals surface area contributed by atoms with E-state index in [1.165, 1.54) is 5.56 Å². The van der Waals surface area contributed by atoms with E-state index < -0.39 is 0 Å². The van der Waals surface area contributed by atoms with Crippen molar-refractivity contribution in [2.24, 2.45) is 0 Å². The number of anilines is 1. The minimum absolute atomic E-state index is 0.178. The van der Waals surface area contributed by atoms with Crippen molar-refractivity contribution >= 4 is 5.69 Å². The summed E-state index contributed by atoms with van der Waals surface area (Å²) in [5.74, 6) is 2.54.